The summed E-state index contributed by atoms with van der Waals surface area (Å²) in [6.45, 7) is 0. The van der Waals surface area contributed by atoms with Crippen molar-refractivity contribution >= 4 is 0 Å². The van der Waals surface area contributed by atoms with Crippen LogP contribution in [0.5, 0.6) is 0 Å². The van der Waals surface area contributed by atoms with Crippen LogP contribution in [0.2, 0.25) is 0 Å². The van der Waals surface area contributed by atoms with Gasteiger partial charge in [-0.1, -0.05) is 41.7 Å². The summed E-state index contributed by atoms with van der Waals surface area (Å²) in [5.74, 6) is 0. The van der Waals surface area contributed by atoms with Gasteiger partial charge in [0, 0.05) is 0 Å². The Bertz CT molecular complexity index is 708. The van der Waals surface area contributed by atoms with Crippen LogP contribution in [-0.2, 0) is 32.6 Å². The molecule has 1 heterocycles. The molecule has 0 atom stereocenters. The second-order valence-corrected chi connectivity index (χ2v) is 5.08. The van der Waals surface area contributed by atoms with Crippen LogP contribution in [0.15, 0.2) is 95.8 Å². The Hall–Kier alpha value is -1.47. The van der Waals surface area contributed by atoms with Gasteiger partial charge in [-0.25, -0.2) is 18.2 Å². The molecule has 0 N–H and O–H groups in total. The van der Waals surface area contributed by atoms with Gasteiger partial charge >= 0.3 is 26.2 Å². The van der Waals surface area contributed by atoms with E-state index >= 15 is 0 Å². The summed E-state index contributed by atoms with van der Waals surface area (Å²) in [5.41, 5.74) is 5.51. The molecule has 132 valence electrons. The van der Waals surface area contributed by atoms with Gasteiger partial charge in [0.05, 0.1) is 0 Å². The predicted molar refractivity (Wildman–Crippen MR) is 93.1 cm³/mol. The summed E-state index contributed by atoms with van der Waals surface area (Å²) in [5, 5.41) is 0. The number of fused-ring (bicyclic) bond motifs is 3. The van der Waals surface area contributed by atoms with E-state index in [0.717, 1.165) is 6.42 Å². The van der Waals surface area contributed by atoms with Crippen molar-refractivity contribution in [3.8, 4) is 11.1 Å². The minimum Gasteiger partial charge on any atom is -1.00 e. The summed E-state index contributed by atoms with van der Waals surface area (Å²) in [7, 11) is 0. The van der Waals surface area contributed by atoms with Gasteiger partial charge in [-0.15, -0.1) is 5.56 Å². The third-order valence-electron chi connectivity index (χ3n) is 3.55. The Morgan fingerprint density at radius 3 is 2.15 bits per heavy atom. The molecule has 0 aliphatic heterocycles. The Morgan fingerprint density at radius 2 is 1.58 bits per heavy atom. The molecule has 1 aromatic heterocycles. The van der Waals surface area contributed by atoms with Gasteiger partial charge in [0.25, 0.3) is 0 Å². The van der Waals surface area contributed by atoms with Crippen LogP contribution in [-0.4, -0.2) is 0 Å². The Labute approximate surface area is 186 Å². The van der Waals surface area contributed by atoms with Crippen LogP contribution in [0.25, 0.3) is 11.1 Å². The zero-order valence-corrected chi connectivity index (χ0v) is 18.0. The van der Waals surface area contributed by atoms with E-state index in [0.29, 0.717) is 0 Å². The van der Waals surface area contributed by atoms with Crippen LogP contribution in [0.4, 0.5) is 0 Å². The zero-order chi connectivity index (χ0) is 15.7. The maximum absolute atomic E-state index is 4.53. The summed E-state index contributed by atoms with van der Waals surface area (Å²) in [4.78, 5) is 0. The van der Waals surface area contributed by atoms with Crippen molar-refractivity contribution in [2.45, 2.75) is 6.42 Å². The molecule has 0 fully saturated rings. The summed E-state index contributed by atoms with van der Waals surface area (Å²) in [6, 6.07) is 32.5. The molecular weight excluding hydrogens is 442 g/mol. The molecule has 4 heteroatoms. The molecule has 4 aromatic rings. The molecule has 0 amide bonds. The molecular formula is C22H17Cl2OZr-3. The number of benzene rings is 2. The first-order valence-corrected chi connectivity index (χ1v) is 7.58. The molecule has 0 bridgehead atoms. The summed E-state index contributed by atoms with van der Waals surface area (Å²) >= 11 is 0. The van der Waals surface area contributed by atoms with Gasteiger partial charge in [-0.3, -0.25) is 0 Å². The van der Waals surface area contributed by atoms with E-state index in [1.807, 2.05) is 36.4 Å². The number of rotatable bonds is 0. The third-order valence-corrected chi connectivity index (χ3v) is 3.55. The van der Waals surface area contributed by atoms with Crippen LogP contribution < -0.4 is 24.8 Å². The molecule has 0 radical (unpaired) electrons. The average molecular weight is 460 g/mol. The van der Waals surface area contributed by atoms with E-state index in [2.05, 4.69) is 52.9 Å². The van der Waals surface area contributed by atoms with Crippen molar-refractivity contribution in [3.05, 3.63) is 115 Å². The monoisotopic (exact) mass is 457 g/mol. The van der Waals surface area contributed by atoms with E-state index in [1.165, 1.54) is 28.5 Å². The normalized spacial score (nSPS) is 9.23. The van der Waals surface area contributed by atoms with Crippen LogP contribution in [0, 0.1) is 12.1 Å². The van der Waals surface area contributed by atoms with Crippen molar-refractivity contribution in [1.29, 1.82) is 0 Å². The molecule has 5 rings (SSSR count). The average Bonchev–Trinajstić information content (AvgIpc) is 3.38. The van der Waals surface area contributed by atoms with Crippen LogP contribution in [0.3, 0.4) is 0 Å². The summed E-state index contributed by atoms with van der Waals surface area (Å²) in [6.07, 6.45) is 4.12. The van der Waals surface area contributed by atoms with Crippen LogP contribution in [0.1, 0.15) is 11.1 Å². The first kappa shape index (κ1) is 24.5. The molecule has 3 aromatic carbocycles. The fourth-order valence-electron chi connectivity index (χ4n) is 2.51. The minimum atomic E-state index is 0. The first-order valence-electron chi connectivity index (χ1n) is 7.58. The van der Waals surface area contributed by atoms with E-state index in [1.54, 1.807) is 12.3 Å². The molecule has 1 nitrogen and oxygen atoms in total. The second kappa shape index (κ2) is 13.7. The molecule has 0 saturated carbocycles. The van der Waals surface area contributed by atoms with Crippen LogP contribution >= 0.6 is 0 Å². The minimum absolute atomic E-state index is 0. The third kappa shape index (κ3) is 7.04. The number of hydrogen-bond acceptors (Lipinski definition) is 1. The van der Waals surface area contributed by atoms with Gasteiger partial charge in [0.2, 0.25) is 0 Å². The fraction of sp³-hybridized carbons (Fsp3) is 0.0455. The topological polar surface area (TPSA) is 13.1 Å². The fourth-order valence-corrected chi connectivity index (χ4v) is 2.51. The number of halogens is 2. The van der Waals surface area contributed by atoms with Crippen molar-refractivity contribution in [2.24, 2.45) is 0 Å². The maximum Gasteiger partial charge on any atom is 2.00 e. The van der Waals surface area contributed by atoms with Crippen molar-refractivity contribution in [3.63, 3.8) is 0 Å². The Morgan fingerprint density at radius 1 is 0.846 bits per heavy atom. The van der Waals surface area contributed by atoms with Gasteiger partial charge in [-0.05, 0) is 12.7 Å². The van der Waals surface area contributed by atoms with E-state index in [4.69, 9.17) is 0 Å². The Balaban J connectivity index is 0.000000408. The molecule has 1 aliphatic rings. The van der Waals surface area contributed by atoms with E-state index < -0.39 is 0 Å². The number of furan rings is 1. The largest absolute Gasteiger partial charge is 2.00 e. The van der Waals surface area contributed by atoms with Gasteiger partial charge < -0.3 is 29.2 Å². The van der Waals surface area contributed by atoms with Crippen molar-refractivity contribution in [2.75, 3.05) is 0 Å². The van der Waals surface area contributed by atoms with E-state index in [-0.39, 0.29) is 51.0 Å². The molecule has 0 unspecified atom stereocenters. The second-order valence-electron chi connectivity index (χ2n) is 5.08. The predicted octanol–water partition coefficient (Wildman–Crippen LogP) is -0.451. The quantitative estimate of drug-likeness (QED) is 0.286. The van der Waals surface area contributed by atoms with Gasteiger partial charge in [-0.2, -0.15) is 54.1 Å². The van der Waals surface area contributed by atoms with Gasteiger partial charge in [0.15, 0.2) is 0 Å². The van der Waals surface area contributed by atoms with Crippen molar-refractivity contribution in [1.82, 2.24) is 0 Å². The smallest absolute Gasteiger partial charge is 1.00 e. The van der Waals surface area contributed by atoms with E-state index in [9.17, 15) is 0 Å². The summed E-state index contributed by atoms with van der Waals surface area (Å²) < 4.78 is 4.53. The molecule has 0 spiro atoms. The number of hydrogen-bond donors (Lipinski definition) is 0. The zero-order valence-electron chi connectivity index (χ0n) is 14.0. The Kier molecular flexibility index (Phi) is 12.9. The molecule has 1 aliphatic carbocycles. The maximum atomic E-state index is 4.53. The standard InChI is InChI=1S/C13H9.C5H5.C4H3O.2ClH.Zr/c1-3-7-12-10(5-1)9-11-6-2-4-8-13(11)12;2*1-2-4-5-3-1;;;/h1-5,7-8H,9H2;1-5H;1,3-4H;2*1H;/q3*-1;;;+2/p-2. The SMILES string of the molecule is [Cl-].[Cl-].[Zr+2].[c-]1cccc2c1Cc1ccccc1-2.[c-]1ccoc1.c1cc[cH-]c1. The first-order chi connectivity index (χ1) is 11.4. The molecule has 0 saturated heterocycles. The van der Waals surface area contributed by atoms with Gasteiger partial charge in [0.1, 0.15) is 0 Å². The van der Waals surface area contributed by atoms with Crippen molar-refractivity contribution < 1.29 is 55.4 Å². The molecule has 26 heavy (non-hydrogen) atoms.